The van der Waals surface area contributed by atoms with E-state index in [4.69, 9.17) is 21.1 Å². The van der Waals surface area contributed by atoms with Crippen LogP contribution in [-0.4, -0.2) is 38.4 Å². The highest BCUT2D eigenvalue weighted by Gasteiger charge is 2.35. The summed E-state index contributed by atoms with van der Waals surface area (Å²) in [7, 11) is 0. The Bertz CT molecular complexity index is 538. The van der Waals surface area contributed by atoms with Crippen LogP contribution in [0.4, 0.5) is 0 Å². The molecule has 0 saturated carbocycles. The van der Waals surface area contributed by atoms with Gasteiger partial charge in [-0.15, -0.1) is 6.58 Å². The van der Waals surface area contributed by atoms with E-state index in [1.54, 1.807) is 13.0 Å². The third-order valence-corrected chi connectivity index (χ3v) is 4.82. The Morgan fingerprint density at radius 3 is 2.71 bits per heavy atom. The van der Waals surface area contributed by atoms with E-state index < -0.39 is 6.10 Å². The van der Waals surface area contributed by atoms with Gasteiger partial charge in [0.2, 0.25) is 5.91 Å². The summed E-state index contributed by atoms with van der Waals surface area (Å²) in [5.41, 5.74) is 1.08. The van der Waals surface area contributed by atoms with Crippen LogP contribution < -0.4 is 5.32 Å². The lowest BCUT2D eigenvalue weighted by Gasteiger charge is -2.38. The minimum absolute atomic E-state index is 0.0844. The van der Waals surface area contributed by atoms with E-state index >= 15 is 0 Å². The molecule has 1 aromatic rings. The van der Waals surface area contributed by atoms with Gasteiger partial charge in [0.05, 0.1) is 6.61 Å². The molecular formula is C19H26ClNO3. The van der Waals surface area contributed by atoms with E-state index in [-0.39, 0.29) is 11.3 Å². The van der Waals surface area contributed by atoms with E-state index in [1.165, 1.54) is 5.56 Å². The maximum Gasteiger partial charge on any atom is 0.248 e. The fourth-order valence-electron chi connectivity index (χ4n) is 2.94. The number of carbonyl (C=O) groups is 1. The Balaban J connectivity index is 2.00. The van der Waals surface area contributed by atoms with Crippen LogP contribution in [-0.2, 0) is 19.7 Å². The Labute approximate surface area is 149 Å². The second kappa shape index (κ2) is 9.21. The van der Waals surface area contributed by atoms with Gasteiger partial charge in [-0.05, 0) is 43.9 Å². The summed E-state index contributed by atoms with van der Waals surface area (Å²) in [5.74, 6) is -0.0844. The van der Waals surface area contributed by atoms with Crippen molar-refractivity contribution in [2.45, 2.75) is 37.7 Å². The van der Waals surface area contributed by atoms with E-state index in [2.05, 4.69) is 11.9 Å². The summed E-state index contributed by atoms with van der Waals surface area (Å²) < 4.78 is 11.0. The van der Waals surface area contributed by atoms with Crippen molar-refractivity contribution < 1.29 is 14.3 Å². The molecule has 0 bridgehead atoms. The highest BCUT2D eigenvalue weighted by molar-refractivity contribution is 6.30. The van der Waals surface area contributed by atoms with Gasteiger partial charge in [-0.25, -0.2) is 0 Å². The second-order valence-electron chi connectivity index (χ2n) is 6.21. The number of ether oxygens (including phenoxy) is 2. The summed E-state index contributed by atoms with van der Waals surface area (Å²) in [5, 5.41) is 3.77. The number of halogens is 1. The Kier molecular flexibility index (Phi) is 7.28. The predicted octanol–water partition coefficient (Wildman–Crippen LogP) is 3.49. The van der Waals surface area contributed by atoms with Crippen LogP contribution in [0.25, 0.3) is 0 Å². The minimum atomic E-state index is -0.466. The molecule has 1 amide bonds. The highest BCUT2D eigenvalue weighted by Crippen LogP contribution is 2.34. The molecule has 5 heteroatoms. The smallest absolute Gasteiger partial charge is 0.248 e. The maximum absolute atomic E-state index is 12.3. The monoisotopic (exact) mass is 351 g/mol. The van der Waals surface area contributed by atoms with Crippen molar-refractivity contribution in [2.75, 3.05) is 26.4 Å². The lowest BCUT2D eigenvalue weighted by Crippen LogP contribution is -2.47. The van der Waals surface area contributed by atoms with Gasteiger partial charge < -0.3 is 14.8 Å². The molecule has 1 atom stereocenters. The zero-order valence-corrected chi connectivity index (χ0v) is 15.0. The molecule has 1 N–H and O–H groups in total. The predicted molar refractivity (Wildman–Crippen MR) is 96.4 cm³/mol. The van der Waals surface area contributed by atoms with Gasteiger partial charge in [-0.3, -0.25) is 4.79 Å². The maximum atomic E-state index is 12.3. The molecule has 1 aromatic carbocycles. The largest absolute Gasteiger partial charge is 0.381 e. The molecule has 24 heavy (non-hydrogen) atoms. The molecule has 2 rings (SSSR count). The minimum Gasteiger partial charge on any atom is -0.381 e. The average molecular weight is 352 g/mol. The molecule has 4 nitrogen and oxygen atoms in total. The summed E-state index contributed by atoms with van der Waals surface area (Å²) >= 11 is 6.01. The van der Waals surface area contributed by atoms with Crippen molar-refractivity contribution in [3.05, 3.63) is 47.5 Å². The van der Waals surface area contributed by atoms with Crippen molar-refractivity contribution in [3.63, 3.8) is 0 Å². The van der Waals surface area contributed by atoms with Crippen LogP contribution in [0.1, 0.15) is 31.7 Å². The molecular weight excluding hydrogens is 326 g/mol. The van der Waals surface area contributed by atoms with Crippen molar-refractivity contribution in [1.29, 1.82) is 0 Å². The number of nitrogens with one attached hydrogen (secondary N) is 1. The molecule has 1 aliphatic heterocycles. The van der Waals surface area contributed by atoms with Crippen molar-refractivity contribution >= 4 is 17.5 Å². The molecule has 1 fully saturated rings. The first kappa shape index (κ1) is 19.0. The Morgan fingerprint density at radius 1 is 1.42 bits per heavy atom. The molecule has 0 spiro atoms. The number of hydrogen-bond donors (Lipinski definition) is 1. The van der Waals surface area contributed by atoms with Gasteiger partial charge in [0.25, 0.3) is 0 Å². The molecule has 0 radical (unpaired) electrons. The number of rotatable bonds is 8. The van der Waals surface area contributed by atoms with Crippen LogP contribution in [0.2, 0.25) is 5.02 Å². The average Bonchev–Trinajstić information content (AvgIpc) is 2.61. The van der Waals surface area contributed by atoms with Crippen LogP contribution in [0.3, 0.4) is 0 Å². The topological polar surface area (TPSA) is 47.6 Å². The third kappa shape index (κ3) is 5.07. The first-order valence-electron chi connectivity index (χ1n) is 8.41. The molecule has 1 saturated heterocycles. The fraction of sp³-hybridized carbons (Fsp3) is 0.526. The van der Waals surface area contributed by atoms with Crippen molar-refractivity contribution in [1.82, 2.24) is 5.32 Å². The zero-order valence-electron chi connectivity index (χ0n) is 14.2. The normalized spacial score (nSPS) is 17.9. The van der Waals surface area contributed by atoms with Gasteiger partial charge in [-0.1, -0.05) is 29.8 Å². The van der Waals surface area contributed by atoms with E-state index in [1.807, 2.05) is 24.3 Å². The number of benzene rings is 1. The SMILES string of the molecule is C=CCCOC(C)C(=O)NCC1(c2ccc(Cl)cc2)CCOCC1. The summed E-state index contributed by atoms with van der Waals surface area (Å²) in [6.07, 6.45) is 3.81. The molecule has 1 aliphatic rings. The second-order valence-corrected chi connectivity index (χ2v) is 6.64. The number of carbonyl (C=O) groups excluding carboxylic acids is 1. The van der Waals surface area contributed by atoms with Crippen LogP contribution in [0, 0.1) is 0 Å². The Morgan fingerprint density at radius 2 is 2.08 bits per heavy atom. The molecule has 1 heterocycles. The summed E-state index contributed by atoms with van der Waals surface area (Å²) in [6, 6.07) is 7.89. The fourth-order valence-corrected chi connectivity index (χ4v) is 3.06. The first-order valence-corrected chi connectivity index (χ1v) is 8.79. The molecule has 132 valence electrons. The Hall–Kier alpha value is -1.36. The standard InChI is InChI=1S/C19H26ClNO3/c1-3-4-11-24-15(2)18(22)21-14-19(9-12-23-13-10-19)16-5-7-17(20)8-6-16/h3,5-8,15H,1,4,9-14H2,2H3,(H,21,22). The van der Waals surface area contributed by atoms with Crippen LogP contribution in [0.15, 0.2) is 36.9 Å². The lowest BCUT2D eigenvalue weighted by atomic mass is 9.74. The molecule has 1 unspecified atom stereocenters. The van der Waals surface area contributed by atoms with E-state index in [0.717, 1.165) is 19.3 Å². The summed E-state index contributed by atoms with van der Waals surface area (Å²) in [6.45, 7) is 7.90. The van der Waals surface area contributed by atoms with E-state index in [0.29, 0.717) is 31.4 Å². The van der Waals surface area contributed by atoms with Crippen molar-refractivity contribution in [3.8, 4) is 0 Å². The van der Waals surface area contributed by atoms with Crippen LogP contribution >= 0.6 is 11.6 Å². The molecule has 0 aliphatic carbocycles. The molecule has 0 aromatic heterocycles. The zero-order chi connectivity index (χ0) is 17.4. The quantitative estimate of drug-likeness (QED) is 0.576. The van der Waals surface area contributed by atoms with Gasteiger partial charge in [0.15, 0.2) is 0 Å². The highest BCUT2D eigenvalue weighted by atomic mass is 35.5. The third-order valence-electron chi connectivity index (χ3n) is 4.57. The van der Waals surface area contributed by atoms with Gasteiger partial charge in [0, 0.05) is 30.2 Å². The van der Waals surface area contributed by atoms with Gasteiger partial charge in [0.1, 0.15) is 6.10 Å². The lowest BCUT2D eigenvalue weighted by molar-refractivity contribution is -0.132. The first-order chi connectivity index (χ1) is 11.6. The van der Waals surface area contributed by atoms with Gasteiger partial charge in [-0.2, -0.15) is 0 Å². The number of amides is 1. The van der Waals surface area contributed by atoms with Crippen molar-refractivity contribution in [2.24, 2.45) is 0 Å². The number of hydrogen-bond acceptors (Lipinski definition) is 3. The van der Waals surface area contributed by atoms with Crippen LogP contribution in [0.5, 0.6) is 0 Å². The van der Waals surface area contributed by atoms with E-state index in [9.17, 15) is 4.79 Å². The summed E-state index contributed by atoms with van der Waals surface area (Å²) in [4.78, 5) is 12.3. The van der Waals surface area contributed by atoms with Gasteiger partial charge >= 0.3 is 0 Å².